The van der Waals surface area contributed by atoms with E-state index in [-0.39, 0.29) is 5.69 Å². The topological polar surface area (TPSA) is 74.8 Å². The number of rotatable bonds is 3. The van der Waals surface area contributed by atoms with E-state index < -0.39 is 5.97 Å². The highest BCUT2D eigenvalue weighted by Crippen LogP contribution is 2.26. The van der Waals surface area contributed by atoms with Crippen LogP contribution in [0.2, 0.25) is 0 Å². The maximum atomic E-state index is 12.2. The summed E-state index contributed by atoms with van der Waals surface area (Å²) in [5, 5.41) is 9.30. The second kappa shape index (κ2) is 6.52. The summed E-state index contributed by atoms with van der Waals surface area (Å²) in [6, 6.07) is 11.5. The van der Waals surface area contributed by atoms with Crippen LogP contribution in [-0.4, -0.2) is 37.6 Å². The van der Waals surface area contributed by atoms with E-state index in [9.17, 15) is 4.79 Å². The molecule has 0 aliphatic carbocycles. The number of esters is 1. The standard InChI is InChI=1S/C18H14IN5O2/c1-23-10-11(9-20-23)15-7-6-14-16(18(25)26-2)22-24(17(14)21-15)13-5-3-4-12(19)8-13/h3-10H,1-2H3. The van der Waals surface area contributed by atoms with E-state index in [1.165, 1.54) is 7.11 Å². The van der Waals surface area contributed by atoms with Crippen molar-refractivity contribution in [2.45, 2.75) is 0 Å². The number of carbonyl (C=O) groups is 1. The second-order valence-electron chi connectivity index (χ2n) is 5.70. The van der Waals surface area contributed by atoms with E-state index in [1.807, 2.05) is 49.6 Å². The van der Waals surface area contributed by atoms with Gasteiger partial charge >= 0.3 is 5.97 Å². The molecule has 7 nitrogen and oxygen atoms in total. The SMILES string of the molecule is COC(=O)c1nn(-c2cccc(I)c2)c2nc(-c3cnn(C)c3)ccc12. The number of hydrogen-bond acceptors (Lipinski definition) is 5. The van der Waals surface area contributed by atoms with Gasteiger partial charge in [-0.15, -0.1) is 0 Å². The summed E-state index contributed by atoms with van der Waals surface area (Å²) in [7, 11) is 3.20. The van der Waals surface area contributed by atoms with Crippen LogP contribution in [-0.2, 0) is 11.8 Å². The van der Waals surface area contributed by atoms with Crippen molar-refractivity contribution in [1.82, 2.24) is 24.5 Å². The molecule has 0 bridgehead atoms. The molecule has 4 aromatic rings. The highest BCUT2D eigenvalue weighted by atomic mass is 127. The molecule has 1 aromatic carbocycles. The van der Waals surface area contributed by atoms with Crippen molar-refractivity contribution in [3.05, 3.63) is 58.1 Å². The summed E-state index contributed by atoms with van der Waals surface area (Å²) >= 11 is 2.24. The molecule has 0 unspecified atom stereocenters. The summed E-state index contributed by atoms with van der Waals surface area (Å²) in [5.74, 6) is -0.490. The number of ether oxygens (including phenoxy) is 1. The molecule has 0 radical (unpaired) electrons. The average molecular weight is 459 g/mol. The fourth-order valence-electron chi connectivity index (χ4n) is 2.75. The lowest BCUT2D eigenvalue weighted by Gasteiger charge is -2.04. The maximum Gasteiger partial charge on any atom is 0.359 e. The minimum absolute atomic E-state index is 0.242. The number of methoxy groups -OCH3 is 1. The quantitative estimate of drug-likeness (QED) is 0.348. The van der Waals surface area contributed by atoms with Crippen LogP contribution in [0.15, 0.2) is 48.8 Å². The number of aromatic nitrogens is 5. The minimum atomic E-state index is -0.490. The van der Waals surface area contributed by atoms with Crippen molar-refractivity contribution in [3.8, 4) is 16.9 Å². The van der Waals surface area contributed by atoms with Gasteiger partial charge in [-0.25, -0.2) is 14.5 Å². The third kappa shape index (κ3) is 2.85. The molecule has 130 valence electrons. The molecule has 3 heterocycles. The van der Waals surface area contributed by atoms with E-state index in [0.29, 0.717) is 11.0 Å². The Hall–Kier alpha value is -2.75. The highest BCUT2D eigenvalue weighted by molar-refractivity contribution is 14.1. The monoisotopic (exact) mass is 459 g/mol. The lowest BCUT2D eigenvalue weighted by molar-refractivity contribution is 0.0595. The minimum Gasteiger partial charge on any atom is -0.464 e. The Balaban J connectivity index is 1.98. The van der Waals surface area contributed by atoms with Crippen LogP contribution in [0.4, 0.5) is 0 Å². The summed E-state index contributed by atoms with van der Waals surface area (Å²) in [6.07, 6.45) is 3.64. The van der Waals surface area contributed by atoms with Crippen molar-refractivity contribution in [2.75, 3.05) is 7.11 Å². The van der Waals surface area contributed by atoms with Gasteiger partial charge in [-0.2, -0.15) is 10.2 Å². The smallest absolute Gasteiger partial charge is 0.359 e. The van der Waals surface area contributed by atoms with Gasteiger partial charge in [0.15, 0.2) is 11.3 Å². The largest absolute Gasteiger partial charge is 0.464 e. The molecule has 0 saturated carbocycles. The Labute approximate surface area is 162 Å². The maximum absolute atomic E-state index is 12.2. The zero-order valence-corrected chi connectivity index (χ0v) is 16.2. The molecule has 0 spiro atoms. The van der Waals surface area contributed by atoms with Crippen molar-refractivity contribution in [1.29, 1.82) is 0 Å². The molecule has 8 heteroatoms. The molecule has 0 aliphatic heterocycles. The number of halogens is 1. The van der Waals surface area contributed by atoms with Crippen LogP contribution >= 0.6 is 22.6 Å². The van der Waals surface area contributed by atoms with Gasteiger partial charge in [-0.05, 0) is 52.9 Å². The number of carbonyl (C=O) groups excluding carboxylic acids is 1. The van der Waals surface area contributed by atoms with Crippen LogP contribution in [0.3, 0.4) is 0 Å². The van der Waals surface area contributed by atoms with Gasteiger partial charge in [0, 0.05) is 22.4 Å². The van der Waals surface area contributed by atoms with Crippen LogP contribution < -0.4 is 0 Å². The van der Waals surface area contributed by atoms with E-state index >= 15 is 0 Å². The predicted molar refractivity (Wildman–Crippen MR) is 105 cm³/mol. The third-order valence-corrected chi connectivity index (χ3v) is 4.63. The van der Waals surface area contributed by atoms with Gasteiger partial charge in [-0.1, -0.05) is 6.07 Å². The molecule has 4 rings (SSSR count). The summed E-state index contributed by atoms with van der Waals surface area (Å²) in [4.78, 5) is 16.9. The lowest BCUT2D eigenvalue weighted by atomic mass is 10.2. The zero-order chi connectivity index (χ0) is 18.3. The van der Waals surface area contributed by atoms with Gasteiger partial charge in [0.2, 0.25) is 0 Å². The molecular weight excluding hydrogens is 445 g/mol. The third-order valence-electron chi connectivity index (χ3n) is 3.96. The van der Waals surface area contributed by atoms with Crippen LogP contribution in [0.5, 0.6) is 0 Å². The first-order chi connectivity index (χ1) is 12.6. The van der Waals surface area contributed by atoms with E-state index in [0.717, 1.165) is 20.5 Å². The van der Waals surface area contributed by atoms with Crippen LogP contribution in [0.1, 0.15) is 10.5 Å². The zero-order valence-electron chi connectivity index (χ0n) is 14.0. The first-order valence-corrected chi connectivity index (χ1v) is 8.88. The highest BCUT2D eigenvalue weighted by Gasteiger charge is 2.20. The van der Waals surface area contributed by atoms with Crippen molar-refractivity contribution in [2.24, 2.45) is 7.05 Å². The van der Waals surface area contributed by atoms with Crippen LogP contribution in [0.25, 0.3) is 28.0 Å². The number of benzene rings is 1. The van der Waals surface area contributed by atoms with Gasteiger partial charge in [0.05, 0.1) is 30.1 Å². The van der Waals surface area contributed by atoms with E-state index in [4.69, 9.17) is 9.72 Å². The normalized spacial score (nSPS) is 11.0. The number of nitrogens with zero attached hydrogens (tertiary/aromatic N) is 5. The number of pyridine rings is 1. The van der Waals surface area contributed by atoms with E-state index in [2.05, 4.69) is 32.8 Å². The number of hydrogen-bond donors (Lipinski definition) is 0. The summed E-state index contributed by atoms with van der Waals surface area (Å²) in [5.41, 5.74) is 3.31. The van der Waals surface area contributed by atoms with Crippen molar-refractivity contribution >= 4 is 39.6 Å². The molecule has 26 heavy (non-hydrogen) atoms. The molecule has 3 aromatic heterocycles. The van der Waals surface area contributed by atoms with Crippen LogP contribution in [0, 0.1) is 3.57 Å². The molecule has 0 N–H and O–H groups in total. The first-order valence-electron chi connectivity index (χ1n) is 7.80. The van der Waals surface area contributed by atoms with Gasteiger partial charge in [-0.3, -0.25) is 4.68 Å². The Bertz CT molecular complexity index is 1130. The Morgan fingerprint density at radius 3 is 2.77 bits per heavy atom. The van der Waals surface area contributed by atoms with Gasteiger partial charge in [0.1, 0.15) is 0 Å². The fraction of sp³-hybridized carbons (Fsp3) is 0.111. The summed E-state index contributed by atoms with van der Waals surface area (Å²) in [6.45, 7) is 0. The Kier molecular flexibility index (Phi) is 4.19. The molecule has 0 amide bonds. The van der Waals surface area contributed by atoms with Crippen molar-refractivity contribution in [3.63, 3.8) is 0 Å². The molecule has 0 fully saturated rings. The predicted octanol–water partition coefficient (Wildman–Crippen LogP) is 3.21. The lowest BCUT2D eigenvalue weighted by Crippen LogP contribution is -2.04. The first kappa shape index (κ1) is 16.7. The average Bonchev–Trinajstić information content (AvgIpc) is 3.24. The van der Waals surface area contributed by atoms with E-state index in [1.54, 1.807) is 15.6 Å². The molecule has 0 saturated heterocycles. The Morgan fingerprint density at radius 2 is 2.08 bits per heavy atom. The second-order valence-corrected chi connectivity index (χ2v) is 6.95. The molecule has 0 atom stereocenters. The van der Waals surface area contributed by atoms with Crippen molar-refractivity contribution < 1.29 is 9.53 Å². The fourth-order valence-corrected chi connectivity index (χ4v) is 3.27. The van der Waals surface area contributed by atoms with Gasteiger partial charge in [0.25, 0.3) is 0 Å². The number of aryl methyl sites for hydroxylation is 1. The molecule has 0 aliphatic rings. The van der Waals surface area contributed by atoms with Gasteiger partial charge < -0.3 is 4.74 Å². The Morgan fingerprint density at radius 1 is 1.23 bits per heavy atom. The summed E-state index contributed by atoms with van der Waals surface area (Å²) < 4.78 is 9.33. The molecular formula is C18H14IN5O2. The number of fused-ring (bicyclic) bond motifs is 1.